The summed E-state index contributed by atoms with van der Waals surface area (Å²) >= 11 is 6.09. The topological polar surface area (TPSA) is 123 Å². The minimum Gasteiger partial charge on any atom is -0.493 e. The summed E-state index contributed by atoms with van der Waals surface area (Å²) in [5.41, 5.74) is 0.426. The lowest BCUT2D eigenvalue weighted by atomic mass is 10.0. The normalized spacial score (nSPS) is 14.9. The highest BCUT2D eigenvalue weighted by atomic mass is 32.2. The van der Waals surface area contributed by atoms with Crippen LogP contribution < -0.4 is 14.2 Å². The zero-order chi connectivity index (χ0) is 22.7. The van der Waals surface area contributed by atoms with Gasteiger partial charge in [-0.25, -0.2) is 4.79 Å². The number of methoxy groups -OCH3 is 2. The van der Waals surface area contributed by atoms with Crippen molar-refractivity contribution in [2.24, 2.45) is 0 Å². The van der Waals surface area contributed by atoms with Crippen LogP contribution in [0.25, 0.3) is 16.8 Å². The number of aliphatic carboxylic acids is 2. The molecule has 1 aliphatic heterocycles. The second-order valence-electron chi connectivity index (χ2n) is 6.25. The standard InChI is InChI=1S/C20H17NO8S2/c1-27-14-5-10-3-4-13(29-9-18(24)25)12(11(10)6-15(14)28-2)7-16-19(26)21(8-17(22)23)20(30)31-16/h3-7H,8-9H2,1-2H3,(H,22,23)(H,24,25). The Hall–Kier alpha value is -3.31. The Morgan fingerprint density at radius 2 is 1.77 bits per heavy atom. The summed E-state index contributed by atoms with van der Waals surface area (Å²) in [6.07, 6.45) is 1.51. The smallest absolute Gasteiger partial charge is 0.341 e. The van der Waals surface area contributed by atoms with Crippen molar-refractivity contribution in [1.29, 1.82) is 0 Å². The number of amides is 1. The number of carbonyl (C=O) groups is 3. The summed E-state index contributed by atoms with van der Waals surface area (Å²) in [6.45, 7) is -1.13. The lowest BCUT2D eigenvalue weighted by Crippen LogP contribution is -2.33. The predicted octanol–water partition coefficient (Wildman–Crippen LogP) is 2.61. The zero-order valence-electron chi connectivity index (χ0n) is 16.4. The van der Waals surface area contributed by atoms with Crippen molar-refractivity contribution < 1.29 is 38.8 Å². The molecule has 0 radical (unpaired) electrons. The fourth-order valence-electron chi connectivity index (χ4n) is 2.97. The molecule has 2 aromatic carbocycles. The van der Waals surface area contributed by atoms with Crippen molar-refractivity contribution >= 4 is 63.0 Å². The Bertz CT molecular complexity index is 1130. The Labute approximate surface area is 186 Å². The first-order valence-corrected chi connectivity index (χ1v) is 9.98. The van der Waals surface area contributed by atoms with E-state index in [4.69, 9.17) is 36.6 Å². The molecule has 0 atom stereocenters. The molecule has 0 unspecified atom stereocenters. The van der Waals surface area contributed by atoms with Gasteiger partial charge in [-0.05, 0) is 35.0 Å². The summed E-state index contributed by atoms with van der Waals surface area (Å²) in [6, 6.07) is 6.73. The minimum atomic E-state index is -1.19. The molecule has 11 heteroatoms. The molecular weight excluding hydrogens is 446 g/mol. The molecule has 3 rings (SSSR count). The van der Waals surface area contributed by atoms with E-state index in [2.05, 4.69) is 0 Å². The third-order valence-corrected chi connectivity index (χ3v) is 5.70. The van der Waals surface area contributed by atoms with Crippen molar-refractivity contribution in [3.8, 4) is 17.2 Å². The number of hydrogen-bond acceptors (Lipinski definition) is 8. The van der Waals surface area contributed by atoms with Crippen molar-refractivity contribution in [2.75, 3.05) is 27.4 Å². The minimum absolute atomic E-state index is 0.117. The molecule has 1 amide bonds. The van der Waals surface area contributed by atoms with Crippen molar-refractivity contribution in [1.82, 2.24) is 4.90 Å². The SMILES string of the molecule is COc1cc2ccc(OCC(=O)O)c(C=C3SC(=S)N(CC(=O)O)C3=O)c2cc1OC. The number of nitrogens with zero attached hydrogens (tertiary/aromatic N) is 1. The van der Waals surface area contributed by atoms with Gasteiger partial charge in [0.15, 0.2) is 18.1 Å². The van der Waals surface area contributed by atoms with Gasteiger partial charge in [0.1, 0.15) is 16.6 Å². The van der Waals surface area contributed by atoms with E-state index in [1.165, 1.54) is 20.3 Å². The zero-order valence-corrected chi connectivity index (χ0v) is 18.0. The van der Waals surface area contributed by atoms with Crippen LogP contribution in [0.5, 0.6) is 17.2 Å². The van der Waals surface area contributed by atoms with Crippen LogP contribution in [0.15, 0.2) is 29.2 Å². The van der Waals surface area contributed by atoms with Crippen LogP contribution in [0.1, 0.15) is 5.56 Å². The Balaban J connectivity index is 2.17. The van der Waals surface area contributed by atoms with Crippen LogP contribution in [0.4, 0.5) is 0 Å². The maximum atomic E-state index is 12.7. The number of hydrogen-bond donors (Lipinski definition) is 2. The monoisotopic (exact) mass is 463 g/mol. The number of benzene rings is 2. The molecule has 0 aromatic heterocycles. The fraction of sp³-hybridized carbons (Fsp3) is 0.200. The van der Waals surface area contributed by atoms with Crippen LogP contribution in [0, 0.1) is 0 Å². The molecule has 31 heavy (non-hydrogen) atoms. The molecule has 1 heterocycles. The molecular formula is C20H17NO8S2. The average molecular weight is 463 g/mol. The van der Waals surface area contributed by atoms with E-state index in [1.807, 2.05) is 0 Å². The predicted molar refractivity (Wildman–Crippen MR) is 118 cm³/mol. The van der Waals surface area contributed by atoms with Crippen molar-refractivity contribution in [3.05, 3.63) is 34.7 Å². The van der Waals surface area contributed by atoms with Crippen molar-refractivity contribution in [2.45, 2.75) is 0 Å². The Morgan fingerprint density at radius 1 is 1.10 bits per heavy atom. The molecule has 162 valence electrons. The van der Waals surface area contributed by atoms with Gasteiger partial charge in [0.05, 0.1) is 19.1 Å². The number of carbonyl (C=O) groups excluding carboxylic acids is 1. The Morgan fingerprint density at radius 3 is 2.39 bits per heavy atom. The van der Waals surface area contributed by atoms with Crippen molar-refractivity contribution in [3.63, 3.8) is 0 Å². The van der Waals surface area contributed by atoms with Gasteiger partial charge in [-0.2, -0.15) is 0 Å². The maximum Gasteiger partial charge on any atom is 0.341 e. The van der Waals surface area contributed by atoms with E-state index in [-0.39, 0.29) is 15.0 Å². The number of rotatable bonds is 8. The maximum absolute atomic E-state index is 12.7. The highest BCUT2D eigenvalue weighted by Crippen LogP contribution is 2.40. The lowest BCUT2D eigenvalue weighted by Gasteiger charge is -2.14. The molecule has 9 nitrogen and oxygen atoms in total. The molecule has 2 aromatic rings. The van der Waals surface area contributed by atoms with E-state index >= 15 is 0 Å². The van der Waals surface area contributed by atoms with Crippen LogP contribution in [-0.4, -0.2) is 64.7 Å². The van der Waals surface area contributed by atoms with E-state index in [1.54, 1.807) is 24.3 Å². The van der Waals surface area contributed by atoms with E-state index in [0.717, 1.165) is 22.0 Å². The van der Waals surface area contributed by atoms with E-state index < -0.39 is 31.0 Å². The van der Waals surface area contributed by atoms with Gasteiger partial charge in [-0.1, -0.05) is 30.0 Å². The number of ether oxygens (including phenoxy) is 3. The molecule has 1 saturated heterocycles. The second kappa shape index (κ2) is 9.23. The molecule has 1 fully saturated rings. The van der Waals surface area contributed by atoms with Crippen LogP contribution >= 0.6 is 24.0 Å². The van der Waals surface area contributed by atoms with Gasteiger partial charge < -0.3 is 24.4 Å². The number of thiocarbonyl (C=S) groups is 1. The highest BCUT2D eigenvalue weighted by molar-refractivity contribution is 8.26. The lowest BCUT2D eigenvalue weighted by molar-refractivity contribution is -0.140. The van der Waals surface area contributed by atoms with Crippen LogP contribution in [0.2, 0.25) is 0 Å². The van der Waals surface area contributed by atoms with Gasteiger partial charge in [0, 0.05) is 5.56 Å². The van der Waals surface area contributed by atoms with Gasteiger partial charge in [-0.15, -0.1) is 0 Å². The number of carboxylic acid groups (broad SMARTS) is 2. The van der Waals surface area contributed by atoms with E-state index in [9.17, 15) is 14.4 Å². The molecule has 1 aliphatic rings. The molecule has 0 bridgehead atoms. The number of thioether (sulfide) groups is 1. The summed E-state index contributed by atoms with van der Waals surface area (Å²) in [5.74, 6) is -1.76. The summed E-state index contributed by atoms with van der Waals surface area (Å²) in [5, 5.41) is 19.4. The van der Waals surface area contributed by atoms with Crippen LogP contribution in [0.3, 0.4) is 0 Å². The van der Waals surface area contributed by atoms with Gasteiger partial charge in [-0.3, -0.25) is 14.5 Å². The summed E-state index contributed by atoms with van der Waals surface area (Å²) in [7, 11) is 2.98. The summed E-state index contributed by atoms with van der Waals surface area (Å²) < 4.78 is 16.2. The number of carboxylic acids is 2. The first-order valence-electron chi connectivity index (χ1n) is 8.75. The largest absolute Gasteiger partial charge is 0.493 e. The second-order valence-corrected chi connectivity index (χ2v) is 7.93. The first kappa shape index (κ1) is 22.4. The molecule has 0 spiro atoms. The average Bonchev–Trinajstić information content (AvgIpc) is 2.98. The third kappa shape index (κ3) is 4.72. The fourth-order valence-corrected chi connectivity index (χ4v) is 4.21. The first-order chi connectivity index (χ1) is 14.7. The Kier molecular flexibility index (Phi) is 6.66. The molecule has 0 saturated carbocycles. The third-order valence-electron chi connectivity index (χ3n) is 4.32. The van der Waals surface area contributed by atoms with Gasteiger partial charge >= 0.3 is 11.9 Å². The highest BCUT2D eigenvalue weighted by Gasteiger charge is 2.33. The van der Waals surface area contributed by atoms with Gasteiger partial charge in [0.2, 0.25) is 0 Å². The van der Waals surface area contributed by atoms with E-state index in [0.29, 0.717) is 22.4 Å². The van der Waals surface area contributed by atoms with Crippen LogP contribution in [-0.2, 0) is 14.4 Å². The quantitative estimate of drug-likeness (QED) is 0.446. The van der Waals surface area contributed by atoms with Gasteiger partial charge in [0.25, 0.3) is 5.91 Å². The molecule has 0 aliphatic carbocycles. The molecule has 2 N–H and O–H groups in total. The number of fused-ring (bicyclic) bond motifs is 1. The summed E-state index contributed by atoms with van der Waals surface area (Å²) in [4.78, 5) is 35.9.